The number of carbonyl (C=O) groups excluding carboxylic acids is 4. The van der Waals surface area contributed by atoms with Gasteiger partial charge in [0.2, 0.25) is 5.91 Å². The van der Waals surface area contributed by atoms with Crippen LogP contribution in [0.25, 0.3) is 0 Å². The molecule has 3 atom stereocenters. The summed E-state index contributed by atoms with van der Waals surface area (Å²) < 4.78 is 10.3. The van der Waals surface area contributed by atoms with E-state index in [1.165, 1.54) is 45.4 Å². The molecule has 0 rings (SSSR count). The van der Waals surface area contributed by atoms with Crippen LogP contribution in [0.15, 0.2) is 12.2 Å². The Morgan fingerprint density at radius 2 is 1.30 bits per heavy atom. The molecule has 0 fully saturated rings. The van der Waals surface area contributed by atoms with Crippen molar-refractivity contribution in [2.45, 2.75) is 162 Å². The van der Waals surface area contributed by atoms with Gasteiger partial charge < -0.3 is 25.2 Å². The Labute approximate surface area is 265 Å². The SMILES string of the molecule is CCCCCCCC/C=C\CCCCCCCC(=O)NC(CC)C(CC(=O)O)NC(=O)C(OC(C)=O)C(C)(C)COC(C)=O. The highest BCUT2D eigenvalue weighted by Gasteiger charge is 2.41. The van der Waals surface area contributed by atoms with Crippen molar-refractivity contribution in [2.24, 2.45) is 5.41 Å². The maximum atomic E-state index is 13.3. The van der Waals surface area contributed by atoms with Gasteiger partial charge in [0.1, 0.15) is 6.61 Å². The van der Waals surface area contributed by atoms with Crippen LogP contribution in [0.2, 0.25) is 0 Å². The van der Waals surface area contributed by atoms with E-state index in [0.717, 1.165) is 51.9 Å². The second kappa shape index (κ2) is 24.4. The molecule has 0 radical (unpaired) electrons. The summed E-state index contributed by atoms with van der Waals surface area (Å²) in [5.41, 5.74) is -1.09. The van der Waals surface area contributed by atoms with Gasteiger partial charge in [0.25, 0.3) is 5.91 Å². The first-order valence-corrected chi connectivity index (χ1v) is 16.6. The van der Waals surface area contributed by atoms with E-state index in [4.69, 9.17) is 9.47 Å². The number of ether oxygens (including phenoxy) is 2. The molecular weight excluding hydrogens is 564 g/mol. The number of nitrogens with one attached hydrogen (secondary N) is 2. The first-order valence-electron chi connectivity index (χ1n) is 16.6. The number of aliphatic carboxylic acids is 1. The van der Waals surface area contributed by atoms with Crippen LogP contribution in [-0.4, -0.2) is 59.6 Å². The molecule has 0 aromatic rings. The molecular formula is C34H60N2O8. The minimum atomic E-state index is -1.35. The molecule has 3 N–H and O–H groups in total. The van der Waals surface area contributed by atoms with Crippen LogP contribution in [-0.2, 0) is 33.4 Å². The zero-order chi connectivity index (χ0) is 33.4. The lowest BCUT2D eigenvalue weighted by Crippen LogP contribution is -2.57. The molecule has 0 aromatic carbocycles. The summed E-state index contributed by atoms with van der Waals surface area (Å²) in [6, 6.07) is -1.58. The van der Waals surface area contributed by atoms with Gasteiger partial charge in [-0.25, -0.2) is 0 Å². The van der Waals surface area contributed by atoms with Crippen molar-refractivity contribution in [3.63, 3.8) is 0 Å². The van der Waals surface area contributed by atoms with E-state index in [0.29, 0.717) is 12.8 Å². The molecule has 0 aliphatic rings. The molecule has 0 saturated carbocycles. The van der Waals surface area contributed by atoms with Crippen molar-refractivity contribution in [3.05, 3.63) is 12.2 Å². The average Bonchev–Trinajstić information content (AvgIpc) is 2.94. The third kappa shape index (κ3) is 20.9. The van der Waals surface area contributed by atoms with E-state index in [-0.39, 0.29) is 12.5 Å². The van der Waals surface area contributed by atoms with Gasteiger partial charge in [-0.15, -0.1) is 0 Å². The van der Waals surface area contributed by atoms with Gasteiger partial charge in [0.15, 0.2) is 6.10 Å². The Kier molecular flexibility index (Phi) is 22.8. The normalized spacial score (nSPS) is 13.6. The Morgan fingerprint density at radius 3 is 1.80 bits per heavy atom. The molecule has 0 aromatic heterocycles. The third-order valence-corrected chi connectivity index (χ3v) is 7.54. The van der Waals surface area contributed by atoms with Gasteiger partial charge in [-0.2, -0.15) is 0 Å². The van der Waals surface area contributed by atoms with Gasteiger partial charge in [-0.1, -0.05) is 91.2 Å². The summed E-state index contributed by atoms with van der Waals surface area (Å²) in [6.07, 6.45) is 18.6. The predicted molar refractivity (Wildman–Crippen MR) is 172 cm³/mol. The van der Waals surface area contributed by atoms with Crippen LogP contribution in [0, 0.1) is 5.41 Å². The highest BCUT2D eigenvalue weighted by atomic mass is 16.6. The predicted octanol–water partition coefficient (Wildman–Crippen LogP) is 6.40. The Balaban J connectivity index is 4.73. The van der Waals surface area contributed by atoms with Crippen LogP contribution in [0.4, 0.5) is 0 Å². The lowest BCUT2D eigenvalue weighted by Gasteiger charge is -2.34. The monoisotopic (exact) mass is 624 g/mol. The van der Waals surface area contributed by atoms with Crippen LogP contribution in [0.3, 0.4) is 0 Å². The lowest BCUT2D eigenvalue weighted by atomic mass is 9.86. The zero-order valence-corrected chi connectivity index (χ0v) is 28.2. The fraction of sp³-hybridized carbons (Fsp3) is 0.794. The van der Waals surface area contributed by atoms with Crippen molar-refractivity contribution in [3.8, 4) is 0 Å². The number of allylic oxidation sites excluding steroid dienone is 2. The van der Waals surface area contributed by atoms with Crippen LogP contribution >= 0.6 is 0 Å². The smallest absolute Gasteiger partial charge is 0.305 e. The number of carboxylic acids is 1. The Bertz CT molecular complexity index is 887. The number of unbranched alkanes of at least 4 members (excludes halogenated alkanes) is 11. The summed E-state index contributed by atoms with van der Waals surface area (Å²) in [4.78, 5) is 60.7. The number of hydrogen-bond donors (Lipinski definition) is 3. The van der Waals surface area contributed by atoms with Crippen LogP contribution in [0.1, 0.15) is 144 Å². The van der Waals surface area contributed by atoms with E-state index in [9.17, 15) is 29.1 Å². The lowest BCUT2D eigenvalue weighted by molar-refractivity contribution is -0.167. The van der Waals surface area contributed by atoms with E-state index in [2.05, 4.69) is 29.7 Å². The quantitative estimate of drug-likeness (QED) is 0.0569. The van der Waals surface area contributed by atoms with Crippen molar-refractivity contribution in [1.82, 2.24) is 10.6 Å². The summed E-state index contributed by atoms with van der Waals surface area (Å²) in [7, 11) is 0. The number of rotatable bonds is 26. The zero-order valence-electron chi connectivity index (χ0n) is 28.2. The fourth-order valence-electron chi connectivity index (χ4n) is 4.96. The van der Waals surface area contributed by atoms with Crippen LogP contribution in [0.5, 0.6) is 0 Å². The molecule has 2 amide bonds. The van der Waals surface area contributed by atoms with Crippen molar-refractivity contribution >= 4 is 29.7 Å². The second-order valence-corrected chi connectivity index (χ2v) is 12.4. The maximum Gasteiger partial charge on any atom is 0.305 e. The first-order chi connectivity index (χ1) is 20.8. The van der Waals surface area contributed by atoms with Crippen LogP contribution < -0.4 is 10.6 Å². The van der Waals surface area contributed by atoms with Gasteiger partial charge in [0.05, 0.1) is 12.5 Å². The van der Waals surface area contributed by atoms with Crippen molar-refractivity contribution in [1.29, 1.82) is 0 Å². The van der Waals surface area contributed by atoms with Gasteiger partial charge >= 0.3 is 17.9 Å². The summed E-state index contributed by atoms with van der Waals surface area (Å²) >= 11 is 0. The molecule has 0 aliphatic heterocycles. The molecule has 254 valence electrons. The van der Waals surface area contributed by atoms with Crippen molar-refractivity contribution in [2.75, 3.05) is 6.61 Å². The first kappa shape index (κ1) is 41.1. The Morgan fingerprint density at radius 1 is 0.750 bits per heavy atom. The van der Waals surface area contributed by atoms with E-state index < -0.39 is 53.8 Å². The number of carboxylic acid groups (broad SMARTS) is 1. The number of carbonyl (C=O) groups is 5. The summed E-state index contributed by atoms with van der Waals surface area (Å²) in [6.45, 7) is 9.42. The molecule has 0 aliphatic carbocycles. The summed E-state index contributed by atoms with van der Waals surface area (Å²) in [5.74, 6) is -3.34. The molecule has 0 heterocycles. The second-order valence-electron chi connectivity index (χ2n) is 12.4. The number of hydrogen-bond acceptors (Lipinski definition) is 7. The third-order valence-electron chi connectivity index (χ3n) is 7.54. The highest BCUT2D eigenvalue weighted by Crippen LogP contribution is 2.25. The van der Waals surface area contributed by atoms with E-state index in [1.54, 1.807) is 20.8 Å². The van der Waals surface area contributed by atoms with E-state index in [1.807, 2.05) is 0 Å². The molecule has 44 heavy (non-hydrogen) atoms. The minimum absolute atomic E-state index is 0.193. The van der Waals surface area contributed by atoms with Gasteiger partial charge in [0, 0.05) is 31.7 Å². The molecule has 0 bridgehead atoms. The maximum absolute atomic E-state index is 13.3. The Hall–Kier alpha value is -2.91. The topological polar surface area (TPSA) is 148 Å². The van der Waals surface area contributed by atoms with Crippen molar-refractivity contribution < 1.29 is 38.6 Å². The molecule has 0 spiro atoms. The minimum Gasteiger partial charge on any atom is -0.481 e. The molecule has 10 nitrogen and oxygen atoms in total. The molecule has 3 unspecified atom stereocenters. The molecule has 0 saturated heterocycles. The molecule has 10 heteroatoms. The summed E-state index contributed by atoms with van der Waals surface area (Å²) in [5, 5.41) is 15.1. The fourth-order valence-corrected chi connectivity index (χ4v) is 4.96. The number of esters is 2. The van der Waals surface area contributed by atoms with Gasteiger partial charge in [-0.3, -0.25) is 24.0 Å². The highest BCUT2D eigenvalue weighted by molar-refractivity contribution is 5.85. The van der Waals surface area contributed by atoms with E-state index >= 15 is 0 Å². The largest absolute Gasteiger partial charge is 0.481 e. The average molecular weight is 625 g/mol. The van der Waals surface area contributed by atoms with Gasteiger partial charge in [-0.05, 0) is 38.5 Å². The standard InChI is InChI=1S/C34H60N2O8/c1-7-9-10-11-12-13-14-15-16-17-18-19-20-21-22-23-30(39)35-28(8-2)29(24-31(40)41)36-33(42)32(44-27(4)38)34(5,6)25-43-26(3)37/h15-16,28-29,32H,7-14,17-25H2,1-6H3,(H,35,39)(H,36,42)(H,40,41)/b16-15-. The number of amides is 2.